The molecule has 1 aliphatic heterocycles. The highest BCUT2D eigenvalue weighted by atomic mass is 28.3. The highest BCUT2D eigenvalue weighted by Gasteiger charge is 2.45. The van der Waals surface area contributed by atoms with Crippen molar-refractivity contribution >= 4 is 25.0 Å². The minimum atomic E-state index is -1.78. The molecule has 1 aromatic rings. The summed E-state index contributed by atoms with van der Waals surface area (Å²) in [5, 5.41) is 1.38. The lowest BCUT2D eigenvalue weighted by Gasteiger charge is -2.38. The molecule has 1 aliphatic rings. The molecule has 2 atom stereocenters. The molecule has 3 nitrogen and oxygen atoms in total. The standard InChI is InChI=1S/C17H24O3Si/c1-3-11-21(14-8-6-5-7-9-14)12-10-16(18)15(13-21)17(19)20-4-2/h5-9,15H,3-4,10-13H2,1-2H3. The second kappa shape index (κ2) is 7.03. The molecule has 0 aromatic heterocycles. The van der Waals surface area contributed by atoms with Gasteiger partial charge in [-0.2, -0.15) is 0 Å². The zero-order valence-electron chi connectivity index (χ0n) is 12.9. The summed E-state index contributed by atoms with van der Waals surface area (Å²) in [5.74, 6) is -0.771. The van der Waals surface area contributed by atoms with Crippen LogP contribution < -0.4 is 5.19 Å². The molecule has 0 bridgehead atoms. The summed E-state index contributed by atoms with van der Waals surface area (Å²) < 4.78 is 5.12. The zero-order valence-corrected chi connectivity index (χ0v) is 13.9. The van der Waals surface area contributed by atoms with E-state index in [4.69, 9.17) is 4.74 Å². The van der Waals surface area contributed by atoms with Crippen molar-refractivity contribution in [3.8, 4) is 0 Å². The van der Waals surface area contributed by atoms with E-state index in [1.54, 1.807) is 6.92 Å². The van der Waals surface area contributed by atoms with E-state index in [2.05, 4.69) is 31.2 Å². The highest BCUT2D eigenvalue weighted by Crippen LogP contribution is 2.35. The maximum absolute atomic E-state index is 12.2. The Kier molecular flexibility index (Phi) is 5.34. The summed E-state index contributed by atoms with van der Waals surface area (Å²) in [5.41, 5.74) is 0. The Morgan fingerprint density at radius 2 is 2.00 bits per heavy atom. The van der Waals surface area contributed by atoms with Crippen LogP contribution in [0.2, 0.25) is 18.1 Å². The van der Waals surface area contributed by atoms with Crippen molar-refractivity contribution in [3.63, 3.8) is 0 Å². The molecule has 0 N–H and O–H groups in total. The normalized spacial score (nSPS) is 25.6. The summed E-state index contributed by atoms with van der Waals surface area (Å²) in [6, 6.07) is 13.3. The van der Waals surface area contributed by atoms with Crippen molar-refractivity contribution in [2.45, 2.75) is 44.8 Å². The molecule has 0 radical (unpaired) electrons. The van der Waals surface area contributed by atoms with E-state index in [0.29, 0.717) is 13.0 Å². The molecule has 1 heterocycles. The lowest BCUT2D eigenvalue weighted by molar-refractivity contribution is -0.151. The van der Waals surface area contributed by atoms with Crippen molar-refractivity contribution in [2.24, 2.45) is 5.92 Å². The van der Waals surface area contributed by atoms with E-state index < -0.39 is 14.0 Å². The molecule has 0 saturated carbocycles. The van der Waals surface area contributed by atoms with Gasteiger partial charge < -0.3 is 4.74 Å². The monoisotopic (exact) mass is 304 g/mol. The molecule has 0 spiro atoms. The van der Waals surface area contributed by atoms with Crippen molar-refractivity contribution in [3.05, 3.63) is 30.3 Å². The van der Waals surface area contributed by atoms with E-state index in [0.717, 1.165) is 24.6 Å². The summed E-state index contributed by atoms with van der Waals surface area (Å²) in [7, 11) is -1.78. The van der Waals surface area contributed by atoms with Crippen LogP contribution in [-0.2, 0) is 14.3 Å². The third kappa shape index (κ3) is 3.43. The molecule has 0 aliphatic carbocycles. The zero-order chi connectivity index (χ0) is 15.3. The molecule has 2 rings (SSSR count). The Balaban J connectivity index is 2.30. The maximum Gasteiger partial charge on any atom is 0.316 e. The fourth-order valence-corrected chi connectivity index (χ4v) is 8.73. The van der Waals surface area contributed by atoms with Gasteiger partial charge in [0.1, 0.15) is 11.7 Å². The van der Waals surface area contributed by atoms with Gasteiger partial charge in [0.15, 0.2) is 0 Å². The molecule has 1 aromatic carbocycles. The number of carbonyl (C=O) groups is 2. The second-order valence-corrected chi connectivity index (χ2v) is 10.4. The first-order chi connectivity index (χ1) is 10.1. The van der Waals surface area contributed by atoms with E-state index in [-0.39, 0.29) is 11.8 Å². The van der Waals surface area contributed by atoms with Crippen LogP contribution in [0.4, 0.5) is 0 Å². The van der Waals surface area contributed by atoms with Crippen molar-refractivity contribution in [1.82, 2.24) is 0 Å². The van der Waals surface area contributed by atoms with Crippen molar-refractivity contribution in [2.75, 3.05) is 6.61 Å². The van der Waals surface area contributed by atoms with Gasteiger partial charge in [-0.3, -0.25) is 9.59 Å². The van der Waals surface area contributed by atoms with Gasteiger partial charge in [-0.05, 0) is 19.0 Å². The smallest absolute Gasteiger partial charge is 0.316 e. The minimum absolute atomic E-state index is 0.0728. The first-order valence-electron chi connectivity index (χ1n) is 7.88. The number of hydrogen-bond donors (Lipinski definition) is 0. The first kappa shape index (κ1) is 16.0. The summed E-state index contributed by atoms with van der Waals surface area (Å²) in [6.45, 7) is 4.32. The first-order valence-corrected chi connectivity index (χ1v) is 10.5. The van der Waals surface area contributed by atoms with Gasteiger partial charge >= 0.3 is 5.97 Å². The molecule has 0 amide bonds. The highest BCUT2D eigenvalue weighted by molar-refractivity contribution is 6.92. The predicted octanol–water partition coefficient (Wildman–Crippen LogP) is 2.90. The van der Waals surface area contributed by atoms with Gasteiger partial charge in [0.2, 0.25) is 0 Å². The number of ketones is 1. The maximum atomic E-state index is 12.2. The van der Waals surface area contributed by atoms with Gasteiger partial charge in [0.05, 0.1) is 14.7 Å². The number of esters is 1. The summed E-state index contributed by atoms with van der Waals surface area (Å²) >= 11 is 0. The summed E-state index contributed by atoms with van der Waals surface area (Å²) in [6.07, 6.45) is 1.63. The largest absolute Gasteiger partial charge is 0.465 e. The Hall–Kier alpha value is -1.42. The topological polar surface area (TPSA) is 43.4 Å². The molecule has 21 heavy (non-hydrogen) atoms. The molecule has 2 unspecified atom stereocenters. The minimum Gasteiger partial charge on any atom is -0.465 e. The second-order valence-electron chi connectivity index (χ2n) is 5.87. The van der Waals surface area contributed by atoms with E-state index in [1.165, 1.54) is 5.19 Å². The number of hydrogen-bond acceptors (Lipinski definition) is 3. The van der Waals surface area contributed by atoms with Gasteiger partial charge in [0.25, 0.3) is 0 Å². The third-order valence-corrected chi connectivity index (χ3v) is 9.93. The average Bonchev–Trinajstić information content (AvgIpc) is 2.51. The van der Waals surface area contributed by atoms with Crippen LogP contribution in [0.5, 0.6) is 0 Å². The van der Waals surface area contributed by atoms with Crippen molar-refractivity contribution < 1.29 is 14.3 Å². The molecule has 4 heteroatoms. The number of Topliss-reactive ketones (excluding diaryl/α,β-unsaturated/α-hetero) is 1. The van der Waals surface area contributed by atoms with Crippen LogP contribution in [0, 0.1) is 5.92 Å². The average molecular weight is 304 g/mol. The van der Waals surface area contributed by atoms with Crippen LogP contribution in [0.15, 0.2) is 30.3 Å². The van der Waals surface area contributed by atoms with Gasteiger partial charge in [-0.15, -0.1) is 0 Å². The lowest BCUT2D eigenvalue weighted by atomic mass is 10.0. The fourth-order valence-electron chi connectivity index (χ4n) is 3.50. The molecule has 114 valence electrons. The molecule has 1 saturated heterocycles. The van der Waals surface area contributed by atoms with Crippen LogP contribution in [0.25, 0.3) is 0 Å². The third-order valence-electron chi connectivity index (χ3n) is 4.52. The number of rotatable bonds is 5. The molecular weight excluding hydrogens is 280 g/mol. The van der Waals surface area contributed by atoms with Crippen LogP contribution >= 0.6 is 0 Å². The van der Waals surface area contributed by atoms with Gasteiger partial charge in [0, 0.05) is 6.42 Å². The number of ether oxygens (including phenoxy) is 1. The Bertz CT molecular complexity index is 500. The van der Waals surface area contributed by atoms with E-state index >= 15 is 0 Å². The van der Waals surface area contributed by atoms with Crippen LogP contribution in [-0.4, -0.2) is 26.4 Å². The van der Waals surface area contributed by atoms with Crippen molar-refractivity contribution in [1.29, 1.82) is 0 Å². The Labute approximate surface area is 127 Å². The number of carbonyl (C=O) groups excluding carboxylic acids is 2. The molecule has 1 fully saturated rings. The lowest BCUT2D eigenvalue weighted by Crippen LogP contribution is -2.54. The van der Waals surface area contributed by atoms with Crippen LogP contribution in [0.3, 0.4) is 0 Å². The fraction of sp³-hybridized carbons (Fsp3) is 0.529. The quantitative estimate of drug-likeness (QED) is 0.477. The SMILES string of the molecule is CCC[Si]1(c2ccccc2)CCC(=O)C(C(=O)OCC)C1. The predicted molar refractivity (Wildman–Crippen MR) is 86.3 cm³/mol. The van der Waals surface area contributed by atoms with E-state index in [1.807, 2.05) is 6.07 Å². The van der Waals surface area contributed by atoms with Gasteiger partial charge in [-0.1, -0.05) is 54.9 Å². The van der Waals surface area contributed by atoms with Crippen LogP contribution in [0.1, 0.15) is 26.7 Å². The Morgan fingerprint density at radius 3 is 2.62 bits per heavy atom. The molecular formula is C17H24O3Si. The Morgan fingerprint density at radius 1 is 1.29 bits per heavy atom. The van der Waals surface area contributed by atoms with Gasteiger partial charge in [-0.25, -0.2) is 0 Å². The van der Waals surface area contributed by atoms with E-state index in [9.17, 15) is 9.59 Å². The summed E-state index contributed by atoms with van der Waals surface area (Å²) in [4.78, 5) is 24.3. The number of benzene rings is 1.